The van der Waals surface area contributed by atoms with Gasteiger partial charge in [-0.15, -0.1) is 0 Å². The second-order valence-electron chi connectivity index (χ2n) is 7.05. The van der Waals surface area contributed by atoms with Crippen molar-refractivity contribution < 1.29 is 9.53 Å². The van der Waals surface area contributed by atoms with E-state index < -0.39 is 0 Å². The van der Waals surface area contributed by atoms with Gasteiger partial charge in [-0.1, -0.05) is 6.92 Å². The van der Waals surface area contributed by atoms with Crippen molar-refractivity contribution in [2.75, 3.05) is 7.11 Å². The highest BCUT2D eigenvalue weighted by Crippen LogP contribution is 2.28. The van der Waals surface area contributed by atoms with Crippen LogP contribution >= 0.6 is 0 Å². The van der Waals surface area contributed by atoms with Gasteiger partial charge in [-0.2, -0.15) is 0 Å². The average molecular weight is 351 g/mol. The summed E-state index contributed by atoms with van der Waals surface area (Å²) in [5.74, 6) is 0.784. The zero-order valence-corrected chi connectivity index (χ0v) is 15.7. The number of rotatable bonds is 6. The van der Waals surface area contributed by atoms with E-state index in [1.807, 2.05) is 54.8 Å². The molecule has 0 atom stereocenters. The third-order valence-electron chi connectivity index (χ3n) is 4.70. The number of fused-ring (bicyclic) bond motifs is 1. The van der Waals surface area contributed by atoms with Crippen LogP contribution in [0.15, 0.2) is 48.7 Å². The molecule has 136 valence electrons. The van der Waals surface area contributed by atoms with E-state index >= 15 is 0 Å². The monoisotopic (exact) mass is 351 g/mol. The minimum absolute atomic E-state index is 0.0187. The molecule has 0 bridgehead atoms. The molecule has 0 unspecified atom stereocenters. The van der Waals surface area contributed by atoms with E-state index in [1.165, 1.54) is 0 Å². The number of hydrogen-bond donors (Lipinski definition) is 1. The molecule has 0 spiro atoms. The van der Waals surface area contributed by atoms with Gasteiger partial charge < -0.3 is 14.6 Å². The summed E-state index contributed by atoms with van der Waals surface area (Å²) in [4.78, 5) is 17.1. The number of methoxy groups -OCH3 is 1. The molecule has 1 aromatic carbocycles. The molecule has 26 heavy (non-hydrogen) atoms. The predicted molar refractivity (Wildman–Crippen MR) is 104 cm³/mol. The number of hydrogen-bond acceptors (Lipinski definition) is 3. The average Bonchev–Trinajstić information content (AvgIpc) is 3.00. The van der Waals surface area contributed by atoms with E-state index in [0.717, 1.165) is 34.5 Å². The number of carbonyl (C=O) groups is 1. The second-order valence-corrected chi connectivity index (χ2v) is 7.05. The van der Waals surface area contributed by atoms with Crippen molar-refractivity contribution in [3.05, 3.63) is 48.7 Å². The largest absolute Gasteiger partial charge is 0.497 e. The summed E-state index contributed by atoms with van der Waals surface area (Å²) >= 11 is 0. The minimum atomic E-state index is -0.228. The molecule has 0 saturated heterocycles. The van der Waals surface area contributed by atoms with Crippen molar-refractivity contribution in [3.8, 4) is 17.0 Å². The van der Waals surface area contributed by atoms with Crippen molar-refractivity contribution >= 4 is 16.9 Å². The van der Waals surface area contributed by atoms with Crippen LogP contribution in [0.5, 0.6) is 5.75 Å². The fourth-order valence-electron chi connectivity index (χ4n) is 2.90. The predicted octanol–water partition coefficient (Wildman–Crippen LogP) is 4.02. The Labute approximate surface area is 154 Å². The Balaban J connectivity index is 2.00. The first kappa shape index (κ1) is 18.0. The van der Waals surface area contributed by atoms with Crippen molar-refractivity contribution in [2.45, 2.75) is 39.3 Å². The number of aromatic nitrogens is 2. The highest BCUT2D eigenvalue weighted by atomic mass is 16.5. The van der Waals surface area contributed by atoms with Gasteiger partial charge in [0, 0.05) is 17.1 Å². The summed E-state index contributed by atoms with van der Waals surface area (Å²) < 4.78 is 7.21. The molecule has 0 radical (unpaired) electrons. The number of nitrogens with one attached hydrogen (secondary N) is 1. The lowest BCUT2D eigenvalue weighted by atomic mass is 10.0. The van der Waals surface area contributed by atoms with Crippen molar-refractivity contribution in [2.24, 2.45) is 0 Å². The van der Waals surface area contributed by atoms with Crippen LogP contribution in [0.4, 0.5) is 0 Å². The van der Waals surface area contributed by atoms with Crippen molar-refractivity contribution in [1.82, 2.24) is 14.9 Å². The lowest BCUT2D eigenvalue weighted by Crippen LogP contribution is -2.44. The van der Waals surface area contributed by atoms with Gasteiger partial charge in [0.15, 0.2) is 0 Å². The highest BCUT2D eigenvalue weighted by molar-refractivity contribution is 5.87. The number of pyridine rings is 1. The third kappa shape index (κ3) is 3.72. The second kappa shape index (κ2) is 7.20. The summed E-state index contributed by atoms with van der Waals surface area (Å²) in [6, 6.07) is 13.8. The zero-order chi connectivity index (χ0) is 18.7. The SMILES string of the molecule is CCC(C)(C)NC(=O)Cn1c(-c2ccc(OC)cc2)cc2cccnc21. The molecule has 3 rings (SSSR count). The Hall–Kier alpha value is -2.82. The Morgan fingerprint density at radius 1 is 1.23 bits per heavy atom. The summed E-state index contributed by atoms with van der Waals surface area (Å²) in [5, 5.41) is 4.11. The number of benzene rings is 1. The molecular formula is C21H25N3O2. The molecule has 0 aliphatic carbocycles. The number of amides is 1. The standard InChI is InChI=1S/C21H25N3O2/c1-5-21(2,3)23-19(25)14-24-18(13-16-7-6-12-22-20(16)24)15-8-10-17(26-4)11-9-15/h6-13H,5,14H2,1-4H3,(H,23,25). The molecule has 0 aliphatic heterocycles. The third-order valence-corrected chi connectivity index (χ3v) is 4.70. The van der Waals surface area contributed by atoms with Gasteiger partial charge in [-0.05, 0) is 68.3 Å². The maximum Gasteiger partial charge on any atom is 0.240 e. The van der Waals surface area contributed by atoms with Crippen LogP contribution in [0.25, 0.3) is 22.3 Å². The van der Waals surface area contributed by atoms with Crippen LogP contribution in [0.1, 0.15) is 27.2 Å². The Morgan fingerprint density at radius 3 is 2.62 bits per heavy atom. The molecule has 2 aromatic heterocycles. The van der Waals surface area contributed by atoms with Crippen LogP contribution in [0.3, 0.4) is 0 Å². The van der Waals surface area contributed by atoms with E-state index in [-0.39, 0.29) is 18.0 Å². The highest BCUT2D eigenvalue weighted by Gasteiger charge is 2.20. The van der Waals surface area contributed by atoms with E-state index in [4.69, 9.17) is 4.74 Å². The Morgan fingerprint density at radius 2 is 1.96 bits per heavy atom. The van der Waals surface area contributed by atoms with Crippen LogP contribution in [-0.4, -0.2) is 28.1 Å². The number of ether oxygens (including phenoxy) is 1. The minimum Gasteiger partial charge on any atom is -0.497 e. The molecule has 1 amide bonds. The first-order valence-corrected chi connectivity index (χ1v) is 8.83. The van der Waals surface area contributed by atoms with Gasteiger partial charge in [0.1, 0.15) is 17.9 Å². The van der Waals surface area contributed by atoms with Gasteiger partial charge in [0.25, 0.3) is 0 Å². The van der Waals surface area contributed by atoms with Crippen LogP contribution in [0.2, 0.25) is 0 Å². The summed E-state index contributed by atoms with van der Waals surface area (Å²) in [7, 11) is 1.65. The van der Waals surface area contributed by atoms with Gasteiger partial charge in [-0.25, -0.2) is 4.98 Å². The van der Waals surface area contributed by atoms with E-state index in [0.29, 0.717) is 0 Å². The van der Waals surface area contributed by atoms with Crippen LogP contribution in [-0.2, 0) is 11.3 Å². The summed E-state index contributed by atoms with van der Waals surface area (Å²) in [6.45, 7) is 6.35. The van der Waals surface area contributed by atoms with Crippen molar-refractivity contribution in [3.63, 3.8) is 0 Å². The van der Waals surface area contributed by atoms with Gasteiger partial charge in [0.2, 0.25) is 5.91 Å². The van der Waals surface area contributed by atoms with Gasteiger partial charge in [-0.3, -0.25) is 4.79 Å². The molecule has 3 aromatic rings. The fraction of sp³-hybridized carbons (Fsp3) is 0.333. The van der Waals surface area contributed by atoms with Crippen LogP contribution in [0, 0.1) is 0 Å². The molecular weight excluding hydrogens is 326 g/mol. The Kier molecular flexibility index (Phi) is 4.98. The molecule has 0 fully saturated rings. The van der Waals surface area contributed by atoms with Crippen molar-refractivity contribution in [1.29, 1.82) is 0 Å². The fourth-order valence-corrected chi connectivity index (χ4v) is 2.90. The molecule has 0 saturated carbocycles. The van der Waals surface area contributed by atoms with Gasteiger partial charge >= 0.3 is 0 Å². The molecule has 1 N–H and O–H groups in total. The summed E-state index contributed by atoms with van der Waals surface area (Å²) in [5.41, 5.74) is 2.56. The molecule has 0 aliphatic rings. The van der Waals surface area contributed by atoms with E-state index in [2.05, 4.69) is 23.3 Å². The lowest BCUT2D eigenvalue weighted by Gasteiger charge is -2.25. The number of nitrogens with zero attached hydrogens (tertiary/aromatic N) is 2. The summed E-state index contributed by atoms with van der Waals surface area (Å²) in [6.07, 6.45) is 2.62. The zero-order valence-electron chi connectivity index (χ0n) is 15.7. The maximum atomic E-state index is 12.6. The number of carbonyl (C=O) groups excluding carboxylic acids is 1. The van der Waals surface area contributed by atoms with E-state index in [9.17, 15) is 4.79 Å². The van der Waals surface area contributed by atoms with Crippen LogP contribution < -0.4 is 10.1 Å². The maximum absolute atomic E-state index is 12.6. The molecule has 5 nitrogen and oxygen atoms in total. The first-order valence-electron chi connectivity index (χ1n) is 8.83. The smallest absolute Gasteiger partial charge is 0.240 e. The lowest BCUT2D eigenvalue weighted by molar-refractivity contribution is -0.123. The first-order chi connectivity index (χ1) is 12.4. The van der Waals surface area contributed by atoms with E-state index in [1.54, 1.807) is 13.3 Å². The Bertz CT molecular complexity index is 911. The van der Waals surface area contributed by atoms with Gasteiger partial charge in [0.05, 0.1) is 12.8 Å². The topological polar surface area (TPSA) is 56.2 Å². The molecule has 2 heterocycles. The normalized spacial score (nSPS) is 11.5. The molecule has 5 heteroatoms. The quantitative estimate of drug-likeness (QED) is 0.730.